The number of amides is 2. The number of ether oxygens (including phenoxy) is 1. The van der Waals surface area contributed by atoms with Crippen molar-refractivity contribution in [3.8, 4) is 17.6 Å². The molecule has 16 heteroatoms. The SMILES string of the molecule is CN(C)CCOc1ccc(C(F)(F)F)cc1NC(=O)NCC#Cc1cnc2nc1NCCCNS(=O)(=O)c1cccc(c1)N2. The lowest BCUT2D eigenvalue weighted by Crippen LogP contribution is -2.29. The summed E-state index contributed by atoms with van der Waals surface area (Å²) >= 11 is 0. The van der Waals surface area contributed by atoms with Gasteiger partial charge in [-0.15, -0.1) is 0 Å². The number of fused-ring (bicyclic) bond motifs is 4. The first-order valence-corrected chi connectivity index (χ1v) is 14.9. The van der Waals surface area contributed by atoms with E-state index in [1.54, 1.807) is 12.1 Å². The Hall–Kier alpha value is -4.59. The molecule has 2 amide bonds. The van der Waals surface area contributed by atoms with Crippen LogP contribution in [0.1, 0.15) is 17.5 Å². The molecule has 1 aromatic heterocycles. The topological polar surface area (TPSA) is 150 Å². The zero-order valence-electron chi connectivity index (χ0n) is 23.9. The maximum Gasteiger partial charge on any atom is 0.416 e. The summed E-state index contributed by atoms with van der Waals surface area (Å²) in [6.45, 7) is 1.15. The van der Waals surface area contributed by atoms with E-state index in [0.29, 0.717) is 36.6 Å². The molecule has 1 aliphatic heterocycles. The maximum atomic E-state index is 13.3. The highest BCUT2D eigenvalue weighted by molar-refractivity contribution is 7.89. The van der Waals surface area contributed by atoms with Gasteiger partial charge in [-0.3, -0.25) is 0 Å². The third-order valence-corrected chi connectivity index (χ3v) is 7.50. The van der Waals surface area contributed by atoms with Crippen molar-refractivity contribution in [1.82, 2.24) is 24.9 Å². The maximum absolute atomic E-state index is 13.3. The molecule has 0 aliphatic carbocycles. The van der Waals surface area contributed by atoms with Gasteiger partial charge in [0.15, 0.2) is 0 Å². The van der Waals surface area contributed by atoms with E-state index >= 15 is 0 Å². The molecule has 5 N–H and O–H groups in total. The Balaban J connectivity index is 1.44. The Morgan fingerprint density at radius 2 is 1.98 bits per heavy atom. The summed E-state index contributed by atoms with van der Waals surface area (Å²) in [5.41, 5.74) is -0.184. The van der Waals surface area contributed by atoms with Gasteiger partial charge in [-0.2, -0.15) is 18.2 Å². The number of carbonyl (C=O) groups is 1. The molecule has 0 spiro atoms. The van der Waals surface area contributed by atoms with Gasteiger partial charge in [0, 0.05) is 25.3 Å². The Morgan fingerprint density at radius 1 is 1.16 bits per heavy atom. The first-order valence-electron chi connectivity index (χ1n) is 13.4. The van der Waals surface area contributed by atoms with Crippen molar-refractivity contribution in [2.75, 3.05) is 62.8 Å². The second-order valence-electron chi connectivity index (χ2n) is 9.76. The Kier molecular flexibility index (Phi) is 10.5. The third-order valence-electron chi connectivity index (χ3n) is 6.04. The van der Waals surface area contributed by atoms with Crippen LogP contribution in [-0.4, -0.2) is 76.2 Å². The summed E-state index contributed by atoms with van der Waals surface area (Å²) in [5, 5.41) is 11.0. The van der Waals surface area contributed by atoms with E-state index in [1.165, 1.54) is 18.3 Å². The Labute approximate surface area is 252 Å². The highest BCUT2D eigenvalue weighted by Gasteiger charge is 2.31. The fraction of sp³-hybridized carbons (Fsp3) is 0.321. The lowest BCUT2D eigenvalue weighted by molar-refractivity contribution is -0.137. The van der Waals surface area contributed by atoms with Gasteiger partial charge in [-0.05, 0) is 56.9 Å². The van der Waals surface area contributed by atoms with Crippen molar-refractivity contribution >= 4 is 39.2 Å². The molecule has 2 heterocycles. The fourth-order valence-corrected chi connectivity index (χ4v) is 4.94. The average Bonchev–Trinajstić information content (AvgIpc) is 2.96. The summed E-state index contributed by atoms with van der Waals surface area (Å²) in [7, 11) is -0.0343. The number of halogens is 3. The smallest absolute Gasteiger partial charge is 0.416 e. The van der Waals surface area contributed by atoms with Gasteiger partial charge < -0.3 is 30.9 Å². The minimum atomic E-state index is -4.60. The molecule has 234 valence electrons. The molecule has 4 bridgehead atoms. The fourth-order valence-electron chi connectivity index (χ4n) is 3.82. The largest absolute Gasteiger partial charge is 0.490 e. The summed E-state index contributed by atoms with van der Waals surface area (Å²) in [6, 6.07) is 8.32. The normalized spacial score (nSPS) is 14.3. The van der Waals surface area contributed by atoms with Crippen molar-refractivity contribution in [2.45, 2.75) is 17.5 Å². The van der Waals surface area contributed by atoms with E-state index in [2.05, 4.69) is 47.8 Å². The Morgan fingerprint density at radius 3 is 2.75 bits per heavy atom. The number of anilines is 4. The molecule has 0 radical (unpaired) electrons. The van der Waals surface area contributed by atoms with Gasteiger partial charge in [-0.25, -0.2) is 22.9 Å². The summed E-state index contributed by atoms with van der Waals surface area (Å²) < 4.78 is 73.1. The van der Waals surface area contributed by atoms with Crippen LogP contribution in [0.5, 0.6) is 5.75 Å². The first kappa shape index (κ1) is 32.3. The first-order chi connectivity index (χ1) is 20.9. The molecular weight excluding hydrogens is 601 g/mol. The molecule has 2 aromatic carbocycles. The highest BCUT2D eigenvalue weighted by Crippen LogP contribution is 2.35. The molecule has 0 fully saturated rings. The van der Waals surface area contributed by atoms with Gasteiger partial charge in [0.2, 0.25) is 16.0 Å². The van der Waals surface area contributed by atoms with Crippen LogP contribution < -0.4 is 30.7 Å². The number of likely N-dealkylation sites (N-methyl/N-ethyl adjacent to an activating group) is 1. The minimum Gasteiger partial charge on any atom is -0.490 e. The van der Waals surface area contributed by atoms with Crippen LogP contribution in [0.2, 0.25) is 0 Å². The second-order valence-corrected chi connectivity index (χ2v) is 11.5. The predicted molar refractivity (Wildman–Crippen MR) is 159 cm³/mol. The molecule has 0 atom stereocenters. The lowest BCUT2D eigenvalue weighted by atomic mass is 10.2. The number of alkyl halides is 3. The van der Waals surface area contributed by atoms with Crippen molar-refractivity contribution in [2.24, 2.45) is 0 Å². The molecule has 12 nitrogen and oxygen atoms in total. The van der Waals surface area contributed by atoms with Gasteiger partial charge >= 0.3 is 12.2 Å². The number of rotatable bonds is 6. The van der Waals surface area contributed by atoms with E-state index in [-0.39, 0.29) is 42.0 Å². The van der Waals surface area contributed by atoms with E-state index in [4.69, 9.17) is 4.74 Å². The zero-order chi connectivity index (χ0) is 31.7. The quantitative estimate of drug-likeness (QED) is 0.258. The number of hydrogen-bond acceptors (Lipinski definition) is 9. The van der Waals surface area contributed by atoms with Crippen LogP contribution in [-0.2, 0) is 16.2 Å². The van der Waals surface area contributed by atoms with Crippen LogP contribution in [0, 0.1) is 11.8 Å². The predicted octanol–water partition coefficient (Wildman–Crippen LogP) is 3.45. The van der Waals surface area contributed by atoms with E-state index in [9.17, 15) is 26.4 Å². The molecule has 0 unspecified atom stereocenters. The van der Waals surface area contributed by atoms with E-state index in [1.807, 2.05) is 19.0 Å². The monoisotopic (exact) mass is 632 g/mol. The molecule has 0 saturated carbocycles. The number of aromatic nitrogens is 2. The van der Waals surface area contributed by atoms with Crippen molar-refractivity contribution in [3.63, 3.8) is 0 Å². The van der Waals surface area contributed by atoms with Gasteiger partial charge in [0.05, 0.1) is 34.5 Å². The average molecular weight is 633 g/mol. The van der Waals surface area contributed by atoms with Crippen LogP contribution in [0.3, 0.4) is 0 Å². The number of urea groups is 1. The van der Waals surface area contributed by atoms with Gasteiger partial charge in [-0.1, -0.05) is 17.9 Å². The van der Waals surface area contributed by atoms with Crippen LogP contribution >= 0.6 is 0 Å². The molecule has 3 aromatic rings. The van der Waals surface area contributed by atoms with Crippen LogP contribution in [0.4, 0.5) is 41.1 Å². The van der Waals surface area contributed by atoms with E-state index < -0.39 is 27.8 Å². The molecule has 0 saturated heterocycles. The van der Waals surface area contributed by atoms with Crippen molar-refractivity contribution < 1.29 is 31.1 Å². The standard InChI is InChI=1S/C28H31F3N8O4S/c1-39(2)14-15-43-24-10-9-20(28(29,30)31)16-23(24)37-27(40)33-11-4-6-19-18-34-26-36-21-7-3-8-22(17-21)44(41,42)35-13-5-12-32-25(19)38-26/h3,7-10,16-18,35H,5,11-15H2,1-2H3,(H2,33,37,40)(H2,32,34,36,38). The summed E-state index contributed by atoms with van der Waals surface area (Å²) in [4.78, 5) is 23.2. The number of nitrogens with one attached hydrogen (secondary N) is 5. The van der Waals surface area contributed by atoms with Crippen LogP contribution in [0.25, 0.3) is 0 Å². The van der Waals surface area contributed by atoms with Gasteiger partial charge in [0.1, 0.15) is 18.2 Å². The van der Waals surface area contributed by atoms with Gasteiger partial charge in [0.25, 0.3) is 0 Å². The van der Waals surface area contributed by atoms with Crippen molar-refractivity contribution in [1.29, 1.82) is 0 Å². The minimum absolute atomic E-state index is 0.0949. The number of carbonyl (C=O) groups excluding carboxylic acids is 1. The number of benzene rings is 2. The second kappa shape index (κ2) is 14.3. The zero-order valence-corrected chi connectivity index (χ0v) is 24.7. The van der Waals surface area contributed by atoms with E-state index in [0.717, 1.165) is 18.2 Å². The highest BCUT2D eigenvalue weighted by atomic mass is 32.2. The van der Waals surface area contributed by atoms with Crippen LogP contribution in [0.15, 0.2) is 53.6 Å². The summed E-state index contributed by atoms with van der Waals surface area (Å²) in [6.07, 6.45) is -2.67. The molecular formula is C28H31F3N8O4S. The molecule has 44 heavy (non-hydrogen) atoms. The van der Waals surface area contributed by atoms with Crippen molar-refractivity contribution in [3.05, 3.63) is 59.8 Å². The third kappa shape index (κ3) is 9.20. The summed E-state index contributed by atoms with van der Waals surface area (Å²) in [5.74, 6) is 6.34. The number of hydrogen-bond donors (Lipinski definition) is 5. The number of sulfonamides is 1. The Bertz CT molecular complexity index is 1660. The number of nitrogens with zero attached hydrogens (tertiary/aromatic N) is 3. The molecule has 1 aliphatic rings. The molecule has 4 rings (SSSR count). The lowest BCUT2D eigenvalue weighted by Gasteiger charge is -2.16.